The van der Waals surface area contributed by atoms with Gasteiger partial charge in [0.1, 0.15) is 0 Å². The Morgan fingerprint density at radius 1 is 1.50 bits per heavy atom. The molecule has 1 heterocycles. The smallest absolute Gasteiger partial charge is 0.0724 e. The fourth-order valence-corrected chi connectivity index (χ4v) is 1.62. The van der Waals surface area contributed by atoms with Crippen molar-refractivity contribution in [3.8, 4) is 0 Å². The predicted molar refractivity (Wildman–Crippen MR) is 37.9 cm³/mol. The standard InChI is InChI=1S/C7H12N2O/c1-5-3-2-4-6-7(5)9-10-8-6/h6-9H,1-4H2. The van der Waals surface area contributed by atoms with Crippen molar-refractivity contribution in [1.82, 2.24) is 11.0 Å². The lowest BCUT2D eigenvalue weighted by Crippen LogP contribution is -2.37. The van der Waals surface area contributed by atoms with Gasteiger partial charge < -0.3 is 0 Å². The van der Waals surface area contributed by atoms with E-state index in [0.29, 0.717) is 12.1 Å². The normalized spacial score (nSPS) is 39.8. The highest BCUT2D eigenvalue weighted by atomic mass is 16.8. The molecular weight excluding hydrogens is 128 g/mol. The van der Waals surface area contributed by atoms with Gasteiger partial charge >= 0.3 is 0 Å². The van der Waals surface area contributed by atoms with Gasteiger partial charge in [0.2, 0.25) is 0 Å². The van der Waals surface area contributed by atoms with Crippen molar-refractivity contribution in [2.45, 2.75) is 31.3 Å². The number of hydroxylamine groups is 2. The Hall–Kier alpha value is -0.380. The summed E-state index contributed by atoms with van der Waals surface area (Å²) >= 11 is 0. The van der Waals surface area contributed by atoms with Crippen LogP contribution in [0.4, 0.5) is 0 Å². The maximum Gasteiger partial charge on any atom is 0.0724 e. The van der Waals surface area contributed by atoms with E-state index in [-0.39, 0.29) is 0 Å². The summed E-state index contributed by atoms with van der Waals surface area (Å²) in [6.45, 7) is 3.97. The van der Waals surface area contributed by atoms with Crippen LogP contribution < -0.4 is 11.0 Å². The molecule has 0 spiro atoms. The van der Waals surface area contributed by atoms with Crippen molar-refractivity contribution in [3.63, 3.8) is 0 Å². The first-order valence-corrected chi connectivity index (χ1v) is 3.72. The molecular formula is C7H12N2O. The van der Waals surface area contributed by atoms with Crippen LogP contribution in [0.5, 0.6) is 0 Å². The molecule has 0 aromatic heterocycles. The summed E-state index contributed by atoms with van der Waals surface area (Å²) in [7, 11) is 0. The molecule has 1 saturated heterocycles. The Labute approximate surface area is 60.3 Å². The van der Waals surface area contributed by atoms with Crippen molar-refractivity contribution < 1.29 is 4.94 Å². The Kier molecular flexibility index (Phi) is 1.48. The van der Waals surface area contributed by atoms with Gasteiger partial charge in [-0.05, 0) is 19.3 Å². The lowest BCUT2D eigenvalue weighted by Gasteiger charge is -2.23. The summed E-state index contributed by atoms with van der Waals surface area (Å²) < 4.78 is 0. The molecule has 2 atom stereocenters. The molecule has 0 aromatic carbocycles. The fraction of sp³-hybridized carbons (Fsp3) is 0.714. The monoisotopic (exact) mass is 140 g/mol. The minimum Gasteiger partial charge on any atom is -0.213 e. The molecule has 2 fully saturated rings. The van der Waals surface area contributed by atoms with E-state index in [9.17, 15) is 0 Å². The van der Waals surface area contributed by atoms with E-state index < -0.39 is 0 Å². The SMILES string of the molecule is C=C1CCCC2NONC12. The van der Waals surface area contributed by atoms with Crippen LogP contribution in [0.3, 0.4) is 0 Å². The molecule has 3 heteroatoms. The van der Waals surface area contributed by atoms with E-state index in [1.165, 1.54) is 18.4 Å². The zero-order chi connectivity index (χ0) is 6.97. The first kappa shape index (κ1) is 6.34. The Morgan fingerprint density at radius 3 is 3.20 bits per heavy atom. The molecule has 0 bridgehead atoms. The van der Waals surface area contributed by atoms with Crippen LogP contribution in [0.1, 0.15) is 19.3 Å². The molecule has 2 unspecified atom stereocenters. The quantitative estimate of drug-likeness (QED) is 0.481. The lowest BCUT2D eigenvalue weighted by atomic mass is 9.88. The third-order valence-corrected chi connectivity index (χ3v) is 2.25. The van der Waals surface area contributed by atoms with Crippen molar-refractivity contribution >= 4 is 0 Å². The molecule has 10 heavy (non-hydrogen) atoms. The second kappa shape index (κ2) is 2.34. The predicted octanol–water partition coefficient (Wildman–Crippen LogP) is 0.503. The van der Waals surface area contributed by atoms with E-state index in [2.05, 4.69) is 17.5 Å². The van der Waals surface area contributed by atoms with E-state index in [0.717, 1.165) is 6.42 Å². The number of hydrogen-bond donors (Lipinski definition) is 2. The number of nitrogens with one attached hydrogen (secondary N) is 2. The second-order valence-corrected chi connectivity index (χ2v) is 2.97. The third kappa shape index (κ3) is 0.868. The largest absolute Gasteiger partial charge is 0.213 e. The minimum atomic E-state index is 0.355. The average molecular weight is 140 g/mol. The van der Waals surface area contributed by atoms with E-state index in [4.69, 9.17) is 4.94 Å². The van der Waals surface area contributed by atoms with Crippen molar-refractivity contribution in [2.75, 3.05) is 0 Å². The van der Waals surface area contributed by atoms with Crippen molar-refractivity contribution in [3.05, 3.63) is 12.2 Å². The highest BCUT2D eigenvalue weighted by Crippen LogP contribution is 2.24. The van der Waals surface area contributed by atoms with Gasteiger partial charge in [-0.1, -0.05) is 12.2 Å². The molecule has 1 aliphatic heterocycles. The third-order valence-electron chi connectivity index (χ3n) is 2.25. The molecule has 56 valence electrons. The zero-order valence-electron chi connectivity index (χ0n) is 5.89. The molecule has 0 amide bonds. The lowest BCUT2D eigenvalue weighted by molar-refractivity contribution is 0.0111. The van der Waals surface area contributed by atoms with E-state index in [1.54, 1.807) is 0 Å². The van der Waals surface area contributed by atoms with E-state index >= 15 is 0 Å². The first-order valence-electron chi connectivity index (χ1n) is 3.72. The molecule has 2 aliphatic rings. The summed E-state index contributed by atoms with van der Waals surface area (Å²) in [5, 5.41) is 0. The first-order chi connectivity index (χ1) is 4.88. The van der Waals surface area contributed by atoms with Crippen LogP contribution in [0.25, 0.3) is 0 Å². The van der Waals surface area contributed by atoms with Gasteiger partial charge in [-0.3, -0.25) is 0 Å². The van der Waals surface area contributed by atoms with Gasteiger partial charge in [-0.25, -0.2) is 4.94 Å². The summed E-state index contributed by atoms with van der Waals surface area (Å²) in [5.41, 5.74) is 7.08. The molecule has 2 N–H and O–H groups in total. The van der Waals surface area contributed by atoms with E-state index in [1.807, 2.05) is 0 Å². The molecule has 1 saturated carbocycles. The highest BCUT2D eigenvalue weighted by molar-refractivity contribution is 5.13. The van der Waals surface area contributed by atoms with Crippen LogP contribution >= 0.6 is 0 Å². The van der Waals surface area contributed by atoms with Crippen LogP contribution in [-0.2, 0) is 4.94 Å². The summed E-state index contributed by atoms with van der Waals surface area (Å²) in [6.07, 6.45) is 3.56. The van der Waals surface area contributed by atoms with Crippen LogP contribution in [0.15, 0.2) is 12.2 Å². The summed E-state index contributed by atoms with van der Waals surface area (Å²) in [5.74, 6) is 0. The molecule has 0 radical (unpaired) electrons. The number of fused-ring (bicyclic) bond motifs is 1. The number of hydrogen-bond acceptors (Lipinski definition) is 3. The molecule has 2 rings (SSSR count). The molecule has 0 aromatic rings. The van der Waals surface area contributed by atoms with Gasteiger partial charge in [0.05, 0.1) is 12.1 Å². The number of rotatable bonds is 0. The highest BCUT2D eigenvalue weighted by Gasteiger charge is 2.32. The van der Waals surface area contributed by atoms with Crippen molar-refractivity contribution in [1.29, 1.82) is 0 Å². The average Bonchev–Trinajstić information content (AvgIpc) is 2.36. The maximum atomic E-state index is 4.90. The second-order valence-electron chi connectivity index (χ2n) is 2.97. The van der Waals surface area contributed by atoms with Crippen LogP contribution in [0.2, 0.25) is 0 Å². The Bertz CT molecular complexity index is 158. The van der Waals surface area contributed by atoms with Gasteiger partial charge in [0, 0.05) is 0 Å². The maximum absolute atomic E-state index is 4.90. The summed E-state index contributed by atoms with van der Waals surface area (Å²) in [4.78, 5) is 4.90. The summed E-state index contributed by atoms with van der Waals surface area (Å²) in [6, 6.07) is 0.815. The van der Waals surface area contributed by atoms with Crippen LogP contribution in [0, 0.1) is 0 Å². The fourth-order valence-electron chi connectivity index (χ4n) is 1.62. The van der Waals surface area contributed by atoms with Gasteiger partial charge in [-0.2, -0.15) is 11.0 Å². The minimum absolute atomic E-state index is 0.355. The van der Waals surface area contributed by atoms with Gasteiger partial charge in [0.15, 0.2) is 0 Å². The zero-order valence-corrected chi connectivity index (χ0v) is 5.89. The Balaban J connectivity index is 2.10. The molecule has 3 nitrogen and oxygen atoms in total. The molecule has 1 aliphatic carbocycles. The topological polar surface area (TPSA) is 33.3 Å². The Morgan fingerprint density at radius 2 is 2.40 bits per heavy atom. The van der Waals surface area contributed by atoms with Crippen LogP contribution in [-0.4, -0.2) is 12.1 Å². The van der Waals surface area contributed by atoms with Gasteiger partial charge in [0.25, 0.3) is 0 Å². The van der Waals surface area contributed by atoms with Crippen molar-refractivity contribution in [2.24, 2.45) is 0 Å². The van der Waals surface area contributed by atoms with Gasteiger partial charge in [-0.15, -0.1) is 0 Å².